The molecule has 0 saturated heterocycles. The summed E-state index contributed by atoms with van der Waals surface area (Å²) in [6.45, 7) is 1.99. The highest BCUT2D eigenvalue weighted by molar-refractivity contribution is 7.13. The molecule has 0 aliphatic heterocycles. The Balaban J connectivity index is 2.07. The van der Waals surface area contributed by atoms with Crippen LogP contribution in [0.5, 0.6) is 0 Å². The topological polar surface area (TPSA) is 86.8 Å². The number of aromatic nitrogens is 1. The number of oxime groups is 1. The minimum atomic E-state index is -0.561. The van der Waals surface area contributed by atoms with Crippen molar-refractivity contribution >= 4 is 39.8 Å². The summed E-state index contributed by atoms with van der Waals surface area (Å²) in [4.78, 5) is 21.5. The first-order valence-corrected chi connectivity index (χ1v) is 8.18. The highest BCUT2D eigenvalue weighted by atomic mass is 35.5. The Bertz CT molecular complexity index is 513. The van der Waals surface area contributed by atoms with Crippen LogP contribution in [0.15, 0.2) is 10.5 Å². The molecule has 0 amide bonds. The molecule has 0 radical (unpaired) electrons. The molecule has 0 bridgehead atoms. The Morgan fingerprint density at radius 3 is 2.81 bits per heavy atom. The number of carbonyl (C=O) groups is 1. The van der Waals surface area contributed by atoms with Crippen LogP contribution in [0.25, 0.3) is 0 Å². The molecular weight excluding hydrogens is 314 g/mol. The molecule has 0 atom stereocenters. The average molecular weight is 332 g/mol. The van der Waals surface area contributed by atoms with Gasteiger partial charge in [-0.2, -0.15) is 0 Å². The van der Waals surface area contributed by atoms with Crippen molar-refractivity contribution in [1.82, 2.24) is 4.98 Å². The molecule has 0 aromatic carbocycles. The van der Waals surface area contributed by atoms with Gasteiger partial charge in [0, 0.05) is 10.8 Å². The molecule has 0 unspecified atom stereocenters. The lowest BCUT2D eigenvalue weighted by atomic mass is 9.97. The molecule has 1 aromatic rings. The van der Waals surface area contributed by atoms with E-state index in [0.717, 1.165) is 25.7 Å². The first kappa shape index (κ1) is 16.0. The van der Waals surface area contributed by atoms with Crippen molar-refractivity contribution in [3.05, 3.63) is 11.1 Å². The lowest BCUT2D eigenvalue weighted by molar-refractivity contribution is -0.135. The summed E-state index contributed by atoms with van der Waals surface area (Å²) in [5.41, 5.74) is 6.02. The highest BCUT2D eigenvalue weighted by Crippen LogP contribution is 2.25. The first-order chi connectivity index (χ1) is 10.1. The Morgan fingerprint density at radius 1 is 1.52 bits per heavy atom. The zero-order valence-electron chi connectivity index (χ0n) is 11.8. The number of nitrogen functional groups attached to an aromatic ring is 1. The number of anilines is 1. The Kier molecular flexibility index (Phi) is 5.81. The molecule has 1 aliphatic rings. The van der Waals surface area contributed by atoms with E-state index >= 15 is 0 Å². The van der Waals surface area contributed by atoms with Crippen LogP contribution in [0, 0.1) is 0 Å². The third-order valence-corrected chi connectivity index (χ3v) is 4.24. The zero-order valence-corrected chi connectivity index (χ0v) is 13.3. The number of nitrogens with two attached hydrogens (primary N) is 1. The van der Waals surface area contributed by atoms with Gasteiger partial charge in [0.05, 0.1) is 6.61 Å². The molecule has 1 saturated carbocycles. The maximum atomic E-state index is 11.9. The van der Waals surface area contributed by atoms with Crippen molar-refractivity contribution in [1.29, 1.82) is 0 Å². The van der Waals surface area contributed by atoms with Crippen molar-refractivity contribution in [2.75, 3.05) is 12.3 Å². The average Bonchev–Trinajstić information content (AvgIpc) is 2.88. The van der Waals surface area contributed by atoms with Gasteiger partial charge < -0.3 is 15.3 Å². The number of hydrogen-bond acceptors (Lipinski definition) is 7. The Morgan fingerprint density at radius 2 is 2.24 bits per heavy atom. The van der Waals surface area contributed by atoms with E-state index in [1.807, 2.05) is 0 Å². The van der Waals surface area contributed by atoms with Crippen LogP contribution in [0.1, 0.15) is 38.3 Å². The lowest BCUT2D eigenvalue weighted by Crippen LogP contribution is -2.23. The van der Waals surface area contributed by atoms with Gasteiger partial charge in [0.1, 0.15) is 11.8 Å². The van der Waals surface area contributed by atoms with Crippen molar-refractivity contribution in [3.8, 4) is 0 Å². The summed E-state index contributed by atoms with van der Waals surface area (Å²) in [5, 5.41) is 6.19. The molecule has 1 aromatic heterocycles. The van der Waals surface area contributed by atoms with E-state index < -0.39 is 5.97 Å². The van der Waals surface area contributed by atoms with Crippen LogP contribution in [0.2, 0.25) is 0 Å². The second-order valence-corrected chi connectivity index (χ2v) is 6.22. The van der Waals surface area contributed by atoms with Crippen molar-refractivity contribution < 1.29 is 14.4 Å². The molecule has 2 N–H and O–H groups in total. The number of esters is 1. The molecular formula is C13H18ClN3O3S. The number of alkyl halides is 1. The number of halogens is 1. The number of ether oxygens (including phenoxy) is 1. The van der Waals surface area contributed by atoms with Gasteiger partial charge in [0.25, 0.3) is 0 Å². The summed E-state index contributed by atoms with van der Waals surface area (Å²) in [6, 6.07) is 0. The van der Waals surface area contributed by atoms with E-state index in [-0.39, 0.29) is 23.8 Å². The van der Waals surface area contributed by atoms with Gasteiger partial charge in [0.2, 0.25) is 5.71 Å². The fourth-order valence-corrected chi connectivity index (χ4v) is 2.84. The maximum absolute atomic E-state index is 11.9. The first-order valence-electron chi connectivity index (χ1n) is 6.86. The van der Waals surface area contributed by atoms with Gasteiger partial charge in [-0.15, -0.1) is 22.9 Å². The molecule has 2 rings (SSSR count). The Labute approximate surface area is 132 Å². The van der Waals surface area contributed by atoms with Gasteiger partial charge in [-0.3, -0.25) is 0 Å². The summed E-state index contributed by atoms with van der Waals surface area (Å²) in [7, 11) is 0. The minimum absolute atomic E-state index is 0.0274. The predicted octanol–water partition coefficient (Wildman–Crippen LogP) is 2.56. The van der Waals surface area contributed by atoms with Crippen molar-refractivity contribution in [2.45, 2.75) is 44.1 Å². The van der Waals surface area contributed by atoms with Crippen molar-refractivity contribution in [3.63, 3.8) is 0 Å². The van der Waals surface area contributed by atoms with Crippen molar-refractivity contribution in [2.24, 2.45) is 5.16 Å². The number of nitrogens with zero attached hydrogens (tertiary/aromatic N) is 2. The molecule has 1 fully saturated rings. The second-order valence-electron chi connectivity index (χ2n) is 4.71. The van der Waals surface area contributed by atoms with Gasteiger partial charge >= 0.3 is 5.97 Å². The van der Waals surface area contributed by atoms with Crippen LogP contribution in [0.4, 0.5) is 5.13 Å². The molecule has 21 heavy (non-hydrogen) atoms. The van der Waals surface area contributed by atoms with E-state index in [1.54, 1.807) is 12.3 Å². The predicted molar refractivity (Wildman–Crippen MR) is 82.7 cm³/mol. The second kappa shape index (κ2) is 7.61. The summed E-state index contributed by atoms with van der Waals surface area (Å²) in [5.74, 6) is -0.561. The van der Waals surface area contributed by atoms with Crippen LogP contribution in [-0.4, -0.2) is 34.8 Å². The molecule has 1 heterocycles. The SMILES string of the molecule is CCOC(=O)/C(=N\O[C@H]1CC[C@@H](Cl)CC1)c1csc(N)n1. The molecule has 6 nitrogen and oxygen atoms in total. The summed E-state index contributed by atoms with van der Waals surface area (Å²) in [6.07, 6.45) is 3.40. The maximum Gasteiger partial charge on any atom is 0.362 e. The fraction of sp³-hybridized carbons (Fsp3) is 0.615. The van der Waals surface area contributed by atoms with E-state index in [9.17, 15) is 4.79 Å². The monoisotopic (exact) mass is 331 g/mol. The van der Waals surface area contributed by atoms with Gasteiger partial charge in [0.15, 0.2) is 5.13 Å². The normalized spacial score (nSPS) is 22.9. The van der Waals surface area contributed by atoms with Gasteiger partial charge in [-0.25, -0.2) is 9.78 Å². The van der Waals surface area contributed by atoms with E-state index in [0.29, 0.717) is 10.8 Å². The number of thiazole rings is 1. The third-order valence-electron chi connectivity index (χ3n) is 3.13. The standard InChI is InChI=1S/C13H18ClN3O3S/c1-2-19-12(18)11(10-7-21-13(15)16-10)17-20-9-5-3-8(14)4-6-9/h7-9H,2-6H2,1H3,(H2,15,16)/b17-11-/t8-,9+. The third kappa shape index (κ3) is 4.57. The van der Waals surface area contributed by atoms with E-state index in [2.05, 4.69) is 10.1 Å². The number of carbonyl (C=O) groups excluding carboxylic acids is 1. The highest BCUT2D eigenvalue weighted by Gasteiger charge is 2.23. The Hall–Kier alpha value is -1.34. The van der Waals surface area contributed by atoms with Crippen LogP contribution in [0.3, 0.4) is 0 Å². The fourth-order valence-electron chi connectivity index (χ4n) is 2.04. The number of rotatable bonds is 5. The summed E-state index contributed by atoms with van der Waals surface area (Å²) < 4.78 is 4.98. The van der Waals surface area contributed by atoms with Crippen LogP contribution < -0.4 is 5.73 Å². The largest absolute Gasteiger partial charge is 0.461 e. The summed E-state index contributed by atoms with van der Waals surface area (Å²) >= 11 is 7.28. The quantitative estimate of drug-likeness (QED) is 0.388. The molecule has 8 heteroatoms. The van der Waals surface area contributed by atoms with Crippen LogP contribution >= 0.6 is 22.9 Å². The van der Waals surface area contributed by atoms with Gasteiger partial charge in [-0.1, -0.05) is 5.16 Å². The number of hydrogen-bond donors (Lipinski definition) is 1. The molecule has 1 aliphatic carbocycles. The minimum Gasteiger partial charge on any atom is -0.461 e. The molecule has 116 valence electrons. The van der Waals surface area contributed by atoms with Gasteiger partial charge in [-0.05, 0) is 32.6 Å². The molecule has 0 spiro atoms. The van der Waals surface area contributed by atoms with E-state index in [4.69, 9.17) is 26.9 Å². The smallest absolute Gasteiger partial charge is 0.362 e. The lowest BCUT2D eigenvalue weighted by Gasteiger charge is -2.23. The van der Waals surface area contributed by atoms with Crippen LogP contribution in [-0.2, 0) is 14.4 Å². The zero-order chi connectivity index (χ0) is 15.2. The van der Waals surface area contributed by atoms with E-state index in [1.165, 1.54) is 11.3 Å².